The van der Waals surface area contributed by atoms with E-state index in [1.165, 1.54) is 63.4 Å². The Morgan fingerprint density at radius 2 is 1.56 bits per heavy atom. The summed E-state index contributed by atoms with van der Waals surface area (Å²) in [5, 5.41) is 10.2. The topological polar surface area (TPSA) is 35.0 Å². The fraction of sp³-hybridized carbons (Fsp3) is 0.652. The number of hydrogen-bond acceptors (Lipinski definition) is 4. The molecule has 2 rings (SSSR count). The smallest absolute Gasteiger partial charge is 0.294 e. The minimum absolute atomic E-state index is 0.255. The maximum absolute atomic E-state index is 6.03. The van der Waals surface area contributed by atoms with Gasteiger partial charge in [0.05, 0.1) is 0 Å². The second kappa shape index (κ2) is 12.9. The summed E-state index contributed by atoms with van der Waals surface area (Å²) in [7, 11) is 0. The van der Waals surface area contributed by atoms with Gasteiger partial charge in [0, 0.05) is 5.56 Å². The number of aromatic nitrogens is 2. The molecule has 3 nitrogen and oxygen atoms in total. The monoisotopic (exact) mass is 388 g/mol. The molecule has 0 bridgehead atoms. The van der Waals surface area contributed by atoms with Crippen LogP contribution >= 0.6 is 11.3 Å². The van der Waals surface area contributed by atoms with E-state index in [9.17, 15) is 0 Å². The molecule has 1 atom stereocenters. The Morgan fingerprint density at radius 1 is 0.852 bits per heavy atom. The van der Waals surface area contributed by atoms with Gasteiger partial charge in [-0.05, 0) is 31.2 Å². The first-order valence-electron chi connectivity index (χ1n) is 10.9. The van der Waals surface area contributed by atoms with Gasteiger partial charge in [0.25, 0.3) is 5.19 Å². The van der Waals surface area contributed by atoms with Gasteiger partial charge in [0.2, 0.25) is 0 Å². The van der Waals surface area contributed by atoms with E-state index in [0.29, 0.717) is 5.19 Å². The van der Waals surface area contributed by atoms with Crippen molar-refractivity contribution in [3.05, 3.63) is 29.8 Å². The maximum Gasteiger partial charge on any atom is 0.294 e. The van der Waals surface area contributed by atoms with Gasteiger partial charge in [-0.1, -0.05) is 106 Å². The summed E-state index contributed by atoms with van der Waals surface area (Å²) in [6.45, 7) is 6.65. The normalized spacial score (nSPS) is 12.3. The average Bonchev–Trinajstić information content (AvgIpc) is 3.17. The van der Waals surface area contributed by atoms with E-state index in [-0.39, 0.29) is 6.10 Å². The Kier molecular flexibility index (Phi) is 10.4. The number of ether oxygens (including phenoxy) is 1. The zero-order valence-corrected chi connectivity index (χ0v) is 18.2. The molecule has 0 fully saturated rings. The third-order valence-electron chi connectivity index (χ3n) is 5.03. The van der Waals surface area contributed by atoms with E-state index in [0.717, 1.165) is 23.4 Å². The van der Waals surface area contributed by atoms with Crippen molar-refractivity contribution in [1.82, 2.24) is 10.2 Å². The molecule has 27 heavy (non-hydrogen) atoms. The fourth-order valence-corrected chi connectivity index (χ4v) is 3.99. The van der Waals surface area contributed by atoms with Crippen LogP contribution in [0.4, 0.5) is 0 Å². The van der Waals surface area contributed by atoms with Crippen molar-refractivity contribution in [2.75, 3.05) is 0 Å². The van der Waals surface area contributed by atoms with Crippen molar-refractivity contribution < 1.29 is 4.74 Å². The molecule has 1 unspecified atom stereocenters. The quantitative estimate of drug-likeness (QED) is 0.315. The summed E-state index contributed by atoms with van der Waals surface area (Å²) in [6.07, 6.45) is 14.0. The zero-order valence-electron chi connectivity index (χ0n) is 17.4. The van der Waals surface area contributed by atoms with Crippen LogP contribution in [0.2, 0.25) is 0 Å². The van der Waals surface area contributed by atoms with Crippen molar-refractivity contribution in [2.45, 2.75) is 97.5 Å². The molecule has 0 saturated carbocycles. The number of nitrogens with zero attached hydrogens (tertiary/aromatic N) is 2. The molecule has 150 valence electrons. The van der Waals surface area contributed by atoms with E-state index in [1.54, 1.807) is 11.3 Å². The third kappa shape index (κ3) is 8.00. The molecule has 0 radical (unpaired) electrons. The molecule has 0 aliphatic heterocycles. The summed E-state index contributed by atoms with van der Waals surface area (Å²) < 4.78 is 6.03. The second-order valence-electron chi connectivity index (χ2n) is 7.38. The predicted octanol–water partition coefficient (Wildman–Crippen LogP) is 7.46. The lowest BCUT2D eigenvalue weighted by Gasteiger charge is -2.13. The van der Waals surface area contributed by atoms with Crippen LogP contribution in [0, 0.1) is 0 Å². The van der Waals surface area contributed by atoms with Crippen molar-refractivity contribution in [3.63, 3.8) is 0 Å². The fourth-order valence-electron chi connectivity index (χ4n) is 3.22. The number of aryl methyl sites for hydroxylation is 1. The summed E-state index contributed by atoms with van der Waals surface area (Å²) in [5.41, 5.74) is 2.55. The predicted molar refractivity (Wildman–Crippen MR) is 117 cm³/mol. The van der Waals surface area contributed by atoms with Crippen LogP contribution in [-0.4, -0.2) is 16.3 Å². The van der Waals surface area contributed by atoms with E-state index in [1.807, 2.05) is 0 Å². The average molecular weight is 389 g/mol. The largest absolute Gasteiger partial charge is 0.466 e. The molecule has 0 aliphatic rings. The lowest BCUT2D eigenvalue weighted by Crippen LogP contribution is -2.14. The van der Waals surface area contributed by atoms with E-state index < -0.39 is 0 Å². The molecule has 4 heteroatoms. The molecule has 0 spiro atoms. The summed E-state index contributed by atoms with van der Waals surface area (Å²) in [5.74, 6) is 0. The van der Waals surface area contributed by atoms with Gasteiger partial charge in [0.1, 0.15) is 6.10 Å². The zero-order chi connectivity index (χ0) is 19.3. The first-order chi connectivity index (χ1) is 13.3. The Bertz CT molecular complexity index is 624. The molecule has 2 aromatic rings. The van der Waals surface area contributed by atoms with E-state index >= 15 is 0 Å². The Labute approximate surface area is 169 Å². The SMILES string of the molecule is CCCCCCCCc1ccc(-c2nnc(OC(CC)CCCC)s2)cc1. The molecule has 0 amide bonds. The molecule has 1 heterocycles. The number of hydrogen-bond donors (Lipinski definition) is 0. The minimum Gasteiger partial charge on any atom is -0.466 e. The van der Waals surface area contributed by atoms with Crippen LogP contribution < -0.4 is 4.74 Å². The van der Waals surface area contributed by atoms with Crippen LogP contribution in [0.15, 0.2) is 24.3 Å². The van der Waals surface area contributed by atoms with Crippen molar-refractivity contribution in [3.8, 4) is 15.8 Å². The summed E-state index contributed by atoms with van der Waals surface area (Å²) in [6, 6.07) is 8.81. The molecule has 0 aliphatic carbocycles. The number of unbranched alkanes of at least 4 members (excludes halogenated alkanes) is 6. The minimum atomic E-state index is 0.255. The van der Waals surface area contributed by atoms with Gasteiger partial charge in [0.15, 0.2) is 5.01 Å². The highest BCUT2D eigenvalue weighted by molar-refractivity contribution is 7.16. The first kappa shape index (κ1) is 21.9. The number of rotatable bonds is 14. The highest BCUT2D eigenvalue weighted by atomic mass is 32.1. The Balaban J connectivity index is 1.81. The molecule has 1 aromatic carbocycles. The number of benzene rings is 1. The van der Waals surface area contributed by atoms with Gasteiger partial charge in [-0.3, -0.25) is 0 Å². The first-order valence-corrected chi connectivity index (χ1v) is 11.7. The molecule has 1 aromatic heterocycles. The van der Waals surface area contributed by atoms with Gasteiger partial charge in [-0.15, -0.1) is 5.10 Å². The Morgan fingerprint density at radius 3 is 2.26 bits per heavy atom. The highest BCUT2D eigenvalue weighted by Crippen LogP contribution is 2.29. The van der Waals surface area contributed by atoms with Crippen LogP contribution in [0.3, 0.4) is 0 Å². The van der Waals surface area contributed by atoms with E-state index in [4.69, 9.17) is 4.74 Å². The second-order valence-corrected chi connectivity index (χ2v) is 8.32. The lowest BCUT2D eigenvalue weighted by atomic mass is 10.0. The van der Waals surface area contributed by atoms with Crippen LogP contribution in [-0.2, 0) is 6.42 Å². The lowest BCUT2D eigenvalue weighted by molar-refractivity contribution is 0.181. The maximum atomic E-state index is 6.03. The van der Waals surface area contributed by atoms with Gasteiger partial charge in [-0.25, -0.2) is 0 Å². The van der Waals surface area contributed by atoms with Crippen LogP contribution in [0.5, 0.6) is 5.19 Å². The molecule has 0 N–H and O–H groups in total. The molecular weight excluding hydrogens is 352 g/mol. The van der Waals surface area contributed by atoms with Crippen molar-refractivity contribution in [2.24, 2.45) is 0 Å². The van der Waals surface area contributed by atoms with Crippen LogP contribution in [0.25, 0.3) is 10.6 Å². The van der Waals surface area contributed by atoms with Gasteiger partial charge >= 0.3 is 0 Å². The highest BCUT2D eigenvalue weighted by Gasteiger charge is 2.13. The Hall–Kier alpha value is -1.42. The third-order valence-corrected chi connectivity index (χ3v) is 5.89. The summed E-state index contributed by atoms with van der Waals surface area (Å²) in [4.78, 5) is 0. The molecule has 0 saturated heterocycles. The molecular formula is C23H36N2OS. The van der Waals surface area contributed by atoms with Crippen molar-refractivity contribution in [1.29, 1.82) is 0 Å². The van der Waals surface area contributed by atoms with Crippen molar-refractivity contribution >= 4 is 11.3 Å². The van der Waals surface area contributed by atoms with E-state index in [2.05, 4.69) is 55.2 Å². The van der Waals surface area contributed by atoms with Gasteiger partial charge in [-0.2, -0.15) is 0 Å². The summed E-state index contributed by atoms with van der Waals surface area (Å²) >= 11 is 1.55. The standard InChI is InChI=1S/C23H36N2OS/c1-4-7-9-10-11-12-13-19-15-17-20(18-16-19)22-24-25-23(27-22)26-21(6-3)14-8-5-2/h15-18,21H,4-14H2,1-3H3. The van der Waals surface area contributed by atoms with Crippen LogP contribution in [0.1, 0.15) is 90.5 Å². The van der Waals surface area contributed by atoms with Gasteiger partial charge < -0.3 is 4.74 Å².